The minimum Gasteiger partial charge on any atom is -0.378 e. The highest BCUT2D eigenvalue weighted by atomic mass is 16.6. The van der Waals surface area contributed by atoms with E-state index < -0.39 is 4.92 Å². The first-order valence-electron chi connectivity index (χ1n) is 7.08. The van der Waals surface area contributed by atoms with Crippen LogP contribution in [0.4, 0.5) is 17.5 Å². The Kier molecular flexibility index (Phi) is 4.88. The summed E-state index contributed by atoms with van der Waals surface area (Å²) < 4.78 is 0. The van der Waals surface area contributed by atoms with Crippen LogP contribution in [0.2, 0.25) is 0 Å². The number of nitrogens with two attached hydrogens (primary N) is 1. The average Bonchev–Trinajstić information content (AvgIpc) is 2.48. The minimum absolute atomic E-state index is 0.128. The van der Waals surface area contributed by atoms with Gasteiger partial charge in [-0.25, -0.2) is 4.98 Å². The largest absolute Gasteiger partial charge is 0.378 e. The van der Waals surface area contributed by atoms with Crippen molar-refractivity contribution in [3.05, 3.63) is 51.7 Å². The predicted molar refractivity (Wildman–Crippen MR) is 85.7 cm³/mol. The van der Waals surface area contributed by atoms with Gasteiger partial charge in [-0.3, -0.25) is 10.1 Å². The van der Waals surface area contributed by atoms with E-state index in [9.17, 15) is 10.1 Å². The maximum absolute atomic E-state index is 10.7. The number of hydrogen-bond acceptors (Lipinski definition) is 6. The molecule has 2 aromatic rings. The summed E-state index contributed by atoms with van der Waals surface area (Å²) in [6.07, 6.45) is 2.81. The average molecular weight is 301 g/mol. The van der Waals surface area contributed by atoms with Crippen molar-refractivity contribution in [3.63, 3.8) is 0 Å². The predicted octanol–water partition coefficient (Wildman–Crippen LogP) is 2.71. The SMILES string of the molecule is CCC(Cc1ccc(C)cc1)Nc1ncc([N+](=O)[O-])c(N)n1. The molecule has 116 valence electrons. The van der Waals surface area contributed by atoms with E-state index in [1.54, 1.807) is 0 Å². The summed E-state index contributed by atoms with van der Waals surface area (Å²) in [5.41, 5.74) is 7.72. The summed E-state index contributed by atoms with van der Waals surface area (Å²) >= 11 is 0. The van der Waals surface area contributed by atoms with Gasteiger partial charge < -0.3 is 11.1 Å². The van der Waals surface area contributed by atoms with Crippen LogP contribution in [0.15, 0.2) is 30.5 Å². The van der Waals surface area contributed by atoms with Crippen LogP contribution in [0.3, 0.4) is 0 Å². The molecule has 0 radical (unpaired) electrons. The molecule has 0 saturated carbocycles. The number of hydrogen-bond donors (Lipinski definition) is 2. The van der Waals surface area contributed by atoms with Crippen molar-refractivity contribution in [1.29, 1.82) is 0 Å². The monoisotopic (exact) mass is 301 g/mol. The van der Waals surface area contributed by atoms with Gasteiger partial charge in [0.1, 0.15) is 6.20 Å². The van der Waals surface area contributed by atoms with E-state index in [1.807, 2.05) is 6.92 Å². The molecule has 1 atom stereocenters. The number of anilines is 2. The van der Waals surface area contributed by atoms with Crippen molar-refractivity contribution in [1.82, 2.24) is 9.97 Å². The number of nitrogen functional groups attached to an aromatic ring is 1. The molecule has 7 nitrogen and oxygen atoms in total. The van der Waals surface area contributed by atoms with Crippen molar-refractivity contribution >= 4 is 17.5 Å². The molecule has 0 aliphatic carbocycles. The second kappa shape index (κ2) is 6.84. The number of nitrogens with zero attached hydrogens (tertiary/aromatic N) is 3. The van der Waals surface area contributed by atoms with Crippen LogP contribution >= 0.6 is 0 Å². The fourth-order valence-corrected chi connectivity index (χ4v) is 2.09. The van der Waals surface area contributed by atoms with Crippen molar-refractivity contribution in [3.8, 4) is 0 Å². The number of nitro groups is 1. The molecule has 0 spiro atoms. The molecule has 22 heavy (non-hydrogen) atoms. The lowest BCUT2D eigenvalue weighted by Gasteiger charge is -2.17. The number of aryl methyl sites for hydroxylation is 1. The second-order valence-electron chi connectivity index (χ2n) is 5.16. The molecule has 1 aromatic carbocycles. The Bertz CT molecular complexity index is 657. The van der Waals surface area contributed by atoms with Gasteiger partial charge in [0.05, 0.1) is 4.92 Å². The molecular weight excluding hydrogens is 282 g/mol. The van der Waals surface area contributed by atoms with E-state index in [0.29, 0.717) is 5.95 Å². The standard InChI is InChI=1S/C15H19N5O2/c1-3-12(8-11-6-4-10(2)5-7-11)18-15-17-9-13(20(21)22)14(16)19-15/h4-7,9,12H,3,8H2,1-2H3,(H3,16,17,18,19). The summed E-state index contributed by atoms with van der Waals surface area (Å²) in [5, 5.41) is 13.9. The van der Waals surface area contributed by atoms with Gasteiger partial charge >= 0.3 is 5.69 Å². The molecule has 1 heterocycles. The van der Waals surface area contributed by atoms with Crippen LogP contribution in [0, 0.1) is 17.0 Å². The number of benzene rings is 1. The van der Waals surface area contributed by atoms with Crippen LogP contribution in [0.25, 0.3) is 0 Å². The number of rotatable bonds is 6. The Balaban J connectivity index is 2.08. The van der Waals surface area contributed by atoms with Crippen LogP contribution in [0.5, 0.6) is 0 Å². The van der Waals surface area contributed by atoms with E-state index in [1.165, 1.54) is 11.1 Å². The van der Waals surface area contributed by atoms with Gasteiger partial charge in [0, 0.05) is 6.04 Å². The first kappa shape index (κ1) is 15.7. The highest BCUT2D eigenvalue weighted by Gasteiger charge is 2.16. The van der Waals surface area contributed by atoms with Crippen molar-refractivity contribution < 1.29 is 4.92 Å². The zero-order valence-corrected chi connectivity index (χ0v) is 12.6. The van der Waals surface area contributed by atoms with Crippen LogP contribution in [-0.4, -0.2) is 20.9 Å². The maximum atomic E-state index is 10.7. The quantitative estimate of drug-likeness (QED) is 0.627. The van der Waals surface area contributed by atoms with Crippen LogP contribution in [0.1, 0.15) is 24.5 Å². The number of nitrogens with one attached hydrogen (secondary N) is 1. The second-order valence-corrected chi connectivity index (χ2v) is 5.16. The topological polar surface area (TPSA) is 107 Å². The van der Waals surface area contributed by atoms with Gasteiger partial charge in [-0.2, -0.15) is 4.98 Å². The van der Waals surface area contributed by atoms with E-state index in [-0.39, 0.29) is 17.5 Å². The van der Waals surface area contributed by atoms with Gasteiger partial charge in [-0.15, -0.1) is 0 Å². The third-order valence-electron chi connectivity index (χ3n) is 3.42. The van der Waals surface area contributed by atoms with Crippen LogP contribution < -0.4 is 11.1 Å². The smallest absolute Gasteiger partial charge is 0.329 e. The minimum atomic E-state index is -0.595. The van der Waals surface area contributed by atoms with Crippen molar-refractivity contribution in [2.45, 2.75) is 32.7 Å². The molecule has 2 rings (SSSR count). The highest BCUT2D eigenvalue weighted by molar-refractivity contribution is 5.53. The van der Waals surface area contributed by atoms with Gasteiger partial charge in [-0.05, 0) is 25.3 Å². The van der Waals surface area contributed by atoms with Gasteiger partial charge in [0.15, 0.2) is 0 Å². The Morgan fingerprint density at radius 1 is 1.36 bits per heavy atom. The van der Waals surface area contributed by atoms with E-state index >= 15 is 0 Å². The van der Waals surface area contributed by atoms with E-state index in [2.05, 4.69) is 46.5 Å². The van der Waals surface area contributed by atoms with Crippen molar-refractivity contribution in [2.75, 3.05) is 11.1 Å². The molecule has 0 fully saturated rings. The molecule has 0 aliphatic heterocycles. The summed E-state index contributed by atoms with van der Waals surface area (Å²) in [7, 11) is 0. The third-order valence-corrected chi connectivity index (χ3v) is 3.42. The first-order valence-corrected chi connectivity index (χ1v) is 7.08. The summed E-state index contributed by atoms with van der Waals surface area (Å²) in [6, 6.07) is 8.45. The summed E-state index contributed by atoms with van der Waals surface area (Å²) in [5.74, 6) is 0.176. The Morgan fingerprint density at radius 3 is 2.59 bits per heavy atom. The molecule has 1 aromatic heterocycles. The summed E-state index contributed by atoms with van der Waals surface area (Å²) in [6.45, 7) is 4.10. The lowest BCUT2D eigenvalue weighted by atomic mass is 10.0. The Morgan fingerprint density at radius 2 is 2.05 bits per heavy atom. The molecule has 1 unspecified atom stereocenters. The van der Waals surface area contributed by atoms with Gasteiger partial charge in [0.2, 0.25) is 11.8 Å². The van der Waals surface area contributed by atoms with E-state index in [0.717, 1.165) is 19.0 Å². The lowest BCUT2D eigenvalue weighted by Crippen LogP contribution is -2.23. The van der Waals surface area contributed by atoms with Gasteiger partial charge in [0.25, 0.3) is 0 Å². The highest BCUT2D eigenvalue weighted by Crippen LogP contribution is 2.19. The number of aromatic nitrogens is 2. The normalized spacial score (nSPS) is 11.9. The maximum Gasteiger partial charge on any atom is 0.329 e. The molecule has 7 heteroatoms. The molecule has 0 saturated heterocycles. The Hall–Kier alpha value is -2.70. The first-order chi connectivity index (χ1) is 10.5. The lowest BCUT2D eigenvalue weighted by molar-refractivity contribution is -0.384. The fourth-order valence-electron chi connectivity index (χ4n) is 2.09. The van der Waals surface area contributed by atoms with Crippen molar-refractivity contribution in [2.24, 2.45) is 0 Å². The molecule has 3 N–H and O–H groups in total. The molecule has 0 aliphatic rings. The van der Waals surface area contributed by atoms with Crippen LogP contribution in [-0.2, 0) is 6.42 Å². The Labute approximate surface area is 128 Å². The molecule has 0 bridgehead atoms. The van der Waals surface area contributed by atoms with E-state index in [4.69, 9.17) is 5.73 Å². The third kappa shape index (κ3) is 3.91. The molecular formula is C15H19N5O2. The fraction of sp³-hybridized carbons (Fsp3) is 0.333. The van der Waals surface area contributed by atoms with Gasteiger partial charge in [-0.1, -0.05) is 36.8 Å². The summed E-state index contributed by atoms with van der Waals surface area (Å²) in [4.78, 5) is 18.0. The molecule has 0 amide bonds. The zero-order valence-electron chi connectivity index (χ0n) is 12.6. The zero-order chi connectivity index (χ0) is 16.1.